The van der Waals surface area contributed by atoms with Gasteiger partial charge in [0, 0.05) is 0 Å². The van der Waals surface area contributed by atoms with Crippen LogP contribution in [0.3, 0.4) is 0 Å². The zero-order valence-electron chi connectivity index (χ0n) is 11.2. The summed E-state index contributed by atoms with van der Waals surface area (Å²) in [5.74, 6) is 2.07. The first-order chi connectivity index (χ1) is 7.80. The van der Waals surface area contributed by atoms with Crippen molar-refractivity contribution in [1.29, 1.82) is 0 Å². The fraction of sp³-hybridized carbons (Fsp3) is 1.00. The molecule has 0 aromatic rings. The molecule has 94 valence electrons. The highest BCUT2D eigenvalue weighted by Crippen LogP contribution is 2.60. The van der Waals surface area contributed by atoms with Crippen molar-refractivity contribution in [2.75, 3.05) is 13.1 Å². The third kappa shape index (κ3) is 2.80. The van der Waals surface area contributed by atoms with Crippen molar-refractivity contribution in [2.24, 2.45) is 17.3 Å². The van der Waals surface area contributed by atoms with E-state index in [2.05, 4.69) is 19.2 Å². The molecule has 0 radical (unpaired) electrons. The quantitative estimate of drug-likeness (QED) is 0.695. The lowest BCUT2D eigenvalue weighted by molar-refractivity contribution is 0.371. The molecule has 3 unspecified atom stereocenters. The normalized spacial score (nSPS) is 38.6. The molecule has 3 atom stereocenters. The Morgan fingerprint density at radius 1 is 1.19 bits per heavy atom. The molecule has 0 amide bonds. The van der Waals surface area contributed by atoms with Crippen LogP contribution in [0.2, 0.25) is 0 Å². The van der Waals surface area contributed by atoms with E-state index in [-0.39, 0.29) is 0 Å². The fourth-order valence-electron chi connectivity index (χ4n) is 3.70. The van der Waals surface area contributed by atoms with Gasteiger partial charge in [0.2, 0.25) is 0 Å². The van der Waals surface area contributed by atoms with Gasteiger partial charge in [-0.1, -0.05) is 33.1 Å². The maximum Gasteiger partial charge on any atom is -0.00150 e. The van der Waals surface area contributed by atoms with Gasteiger partial charge in [-0.15, -0.1) is 0 Å². The minimum atomic E-state index is 0.796. The highest BCUT2D eigenvalue weighted by Gasteiger charge is 2.52. The van der Waals surface area contributed by atoms with Crippen LogP contribution in [0.25, 0.3) is 0 Å². The molecule has 1 heteroatoms. The molecular formula is C15H29N. The van der Waals surface area contributed by atoms with Gasteiger partial charge in [0.1, 0.15) is 0 Å². The summed E-state index contributed by atoms with van der Waals surface area (Å²) in [5, 5.41) is 3.61. The van der Waals surface area contributed by atoms with Gasteiger partial charge in [-0.3, -0.25) is 0 Å². The average molecular weight is 223 g/mol. The van der Waals surface area contributed by atoms with E-state index in [0.717, 1.165) is 17.3 Å². The van der Waals surface area contributed by atoms with E-state index in [4.69, 9.17) is 0 Å². The van der Waals surface area contributed by atoms with Crippen LogP contribution in [0.15, 0.2) is 0 Å². The molecule has 1 spiro atoms. The summed E-state index contributed by atoms with van der Waals surface area (Å²) in [6, 6.07) is 0. The molecule has 2 rings (SSSR count). The molecule has 2 aliphatic rings. The Bertz CT molecular complexity index is 213. The van der Waals surface area contributed by atoms with Crippen LogP contribution in [-0.4, -0.2) is 13.1 Å². The van der Waals surface area contributed by atoms with Crippen molar-refractivity contribution < 1.29 is 0 Å². The van der Waals surface area contributed by atoms with Crippen LogP contribution in [0.5, 0.6) is 0 Å². The first-order valence-corrected chi connectivity index (χ1v) is 7.51. The molecule has 0 aromatic carbocycles. The summed E-state index contributed by atoms with van der Waals surface area (Å²) in [6.07, 6.45) is 11.8. The number of hydrogen-bond donors (Lipinski definition) is 1. The van der Waals surface area contributed by atoms with Crippen LogP contribution in [0.1, 0.15) is 65.2 Å². The van der Waals surface area contributed by atoms with E-state index < -0.39 is 0 Å². The van der Waals surface area contributed by atoms with Crippen molar-refractivity contribution in [3.63, 3.8) is 0 Å². The Balaban J connectivity index is 1.74. The van der Waals surface area contributed by atoms with Crippen molar-refractivity contribution in [1.82, 2.24) is 5.32 Å². The number of rotatable bonds is 5. The molecule has 0 aliphatic heterocycles. The first-order valence-electron chi connectivity index (χ1n) is 7.51. The molecule has 0 heterocycles. The zero-order chi connectivity index (χ0) is 11.4. The van der Waals surface area contributed by atoms with Crippen molar-refractivity contribution in [2.45, 2.75) is 65.2 Å². The molecule has 1 nitrogen and oxygen atoms in total. The highest BCUT2D eigenvalue weighted by molar-refractivity contribution is 5.03. The fourth-order valence-corrected chi connectivity index (χ4v) is 3.70. The van der Waals surface area contributed by atoms with Crippen LogP contribution < -0.4 is 5.32 Å². The minimum Gasteiger partial charge on any atom is -0.316 e. The molecule has 16 heavy (non-hydrogen) atoms. The minimum absolute atomic E-state index is 0.796. The standard InChI is InChI=1S/C15H29N/c1-3-10-16-12-14-11-15(14)8-5-6-13(4-2)7-9-15/h13-14,16H,3-12H2,1-2H3. The molecule has 1 N–H and O–H groups in total. The Hall–Kier alpha value is -0.0400. The summed E-state index contributed by atoms with van der Waals surface area (Å²) in [7, 11) is 0. The monoisotopic (exact) mass is 223 g/mol. The smallest absolute Gasteiger partial charge is 0.00150 e. The predicted molar refractivity (Wildman–Crippen MR) is 70.6 cm³/mol. The summed E-state index contributed by atoms with van der Waals surface area (Å²) < 4.78 is 0. The lowest BCUT2D eigenvalue weighted by Gasteiger charge is -2.15. The molecule has 0 bridgehead atoms. The van der Waals surface area contributed by atoms with Crippen LogP contribution in [-0.2, 0) is 0 Å². The molecule has 0 aromatic heterocycles. The van der Waals surface area contributed by atoms with Crippen molar-refractivity contribution in [3.8, 4) is 0 Å². The van der Waals surface area contributed by atoms with Crippen LogP contribution in [0, 0.1) is 17.3 Å². The van der Waals surface area contributed by atoms with Crippen LogP contribution in [0.4, 0.5) is 0 Å². The zero-order valence-corrected chi connectivity index (χ0v) is 11.2. The van der Waals surface area contributed by atoms with Crippen molar-refractivity contribution >= 4 is 0 Å². The maximum atomic E-state index is 3.61. The van der Waals surface area contributed by atoms with E-state index in [9.17, 15) is 0 Å². The molecule has 2 fully saturated rings. The average Bonchev–Trinajstić information content (AvgIpc) is 3.02. The maximum absolute atomic E-state index is 3.61. The Kier molecular flexibility index (Phi) is 4.29. The van der Waals surface area contributed by atoms with Gasteiger partial charge in [0.25, 0.3) is 0 Å². The van der Waals surface area contributed by atoms with Gasteiger partial charge in [0.05, 0.1) is 0 Å². The topological polar surface area (TPSA) is 12.0 Å². The van der Waals surface area contributed by atoms with Crippen molar-refractivity contribution in [3.05, 3.63) is 0 Å². The van der Waals surface area contributed by atoms with Gasteiger partial charge in [-0.05, 0) is 62.4 Å². The second kappa shape index (κ2) is 5.53. The van der Waals surface area contributed by atoms with Gasteiger partial charge in [-0.25, -0.2) is 0 Å². The third-order valence-electron chi connectivity index (χ3n) is 5.09. The summed E-state index contributed by atoms with van der Waals surface area (Å²) in [6.45, 7) is 7.14. The first kappa shape index (κ1) is 12.4. The third-order valence-corrected chi connectivity index (χ3v) is 5.09. The van der Waals surface area contributed by atoms with E-state index in [1.165, 1.54) is 64.5 Å². The molecular weight excluding hydrogens is 194 g/mol. The van der Waals surface area contributed by atoms with Gasteiger partial charge < -0.3 is 5.32 Å². The van der Waals surface area contributed by atoms with E-state index in [1.807, 2.05) is 0 Å². The summed E-state index contributed by atoms with van der Waals surface area (Å²) >= 11 is 0. The summed E-state index contributed by atoms with van der Waals surface area (Å²) in [5.41, 5.74) is 0.796. The van der Waals surface area contributed by atoms with Gasteiger partial charge >= 0.3 is 0 Å². The molecule has 2 saturated carbocycles. The lowest BCUT2D eigenvalue weighted by Crippen LogP contribution is -2.20. The SMILES string of the molecule is CCCNCC1CC12CCCC(CC)CC2. The van der Waals surface area contributed by atoms with E-state index in [0.29, 0.717) is 0 Å². The molecule has 2 aliphatic carbocycles. The number of hydrogen-bond acceptors (Lipinski definition) is 1. The largest absolute Gasteiger partial charge is 0.316 e. The summed E-state index contributed by atoms with van der Waals surface area (Å²) in [4.78, 5) is 0. The van der Waals surface area contributed by atoms with Crippen LogP contribution >= 0.6 is 0 Å². The Morgan fingerprint density at radius 3 is 2.81 bits per heavy atom. The number of nitrogens with one attached hydrogen (secondary N) is 1. The highest BCUT2D eigenvalue weighted by atomic mass is 14.9. The Labute approximate surface area is 101 Å². The molecule has 0 saturated heterocycles. The van der Waals surface area contributed by atoms with Gasteiger partial charge in [0.15, 0.2) is 0 Å². The Morgan fingerprint density at radius 2 is 2.06 bits per heavy atom. The second-order valence-electron chi connectivity index (χ2n) is 6.17. The second-order valence-corrected chi connectivity index (χ2v) is 6.17. The van der Waals surface area contributed by atoms with E-state index >= 15 is 0 Å². The predicted octanol–water partition coefficient (Wildman–Crippen LogP) is 3.98. The van der Waals surface area contributed by atoms with E-state index in [1.54, 1.807) is 0 Å². The lowest BCUT2D eigenvalue weighted by atomic mass is 9.92. The van der Waals surface area contributed by atoms with Gasteiger partial charge in [-0.2, -0.15) is 0 Å².